The van der Waals surface area contributed by atoms with Gasteiger partial charge < -0.3 is 89.9 Å². The first kappa shape index (κ1) is 86.7. The van der Waals surface area contributed by atoms with E-state index in [-0.39, 0.29) is 18.9 Å². The van der Waals surface area contributed by atoms with Crippen LogP contribution in [0, 0.1) is 0 Å². The maximum atomic E-state index is 13.5. The number of allylic oxidation sites excluding steroid dienone is 10. The normalized spacial score (nSPS) is 27.5. The third-order valence-corrected chi connectivity index (χ3v) is 18.9. The number of nitrogens with one attached hydrogen (secondary N) is 1. The van der Waals surface area contributed by atoms with Crippen molar-refractivity contribution < 1.29 is 89.4 Å². The Balaban J connectivity index is 1.40. The first-order valence-electron chi connectivity index (χ1n) is 38.0. The number of amides is 1. The summed E-state index contributed by atoms with van der Waals surface area (Å²) in [6.07, 6.45) is 44.3. The second-order valence-corrected chi connectivity index (χ2v) is 27.1. The molecule has 3 aliphatic heterocycles. The number of hydrogen-bond acceptors (Lipinski definition) is 18. The average Bonchev–Trinajstić information content (AvgIpc) is 0.787. The maximum Gasteiger partial charge on any atom is 0.220 e. The number of aliphatic hydroxyl groups excluding tert-OH is 11. The molecule has 0 radical (unpaired) electrons. The van der Waals surface area contributed by atoms with Crippen LogP contribution in [0.25, 0.3) is 0 Å². The van der Waals surface area contributed by atoms with Crippen molar-refractivity contribution in [1.29, 1.82) is 0 Å². The third kappa shape index (κ3) is 38.2. The van der Waals surface area contributed by atoms with Crippen LogP contribution in [0.4, 0.5) is 0 Å². The summed E-state index contributed by atoms with van der Waals surface area (Å²) in [5.74, 6) is -0.245. The number of carbonyl (C=O) groups is 1. The Morgan fingerprint density at radius 3 is 1.14 bits per heavy atom. The summed E-state index contributed by atoms with van der Waals surface area (Å²) >= 11 is 0. The van der Waals surface area contributed by atoms with Crippen molar-refractivity contribution in [2.24, 2.45) is 0 Å². The summed E-state index contributed by atoms with van der Waals surface area (Å²) < 4.78 is 34.5. The number of aliphatic hydroxyl groups is 11. The van der Waals surface area contributed by atoms with Crippen LogP contribution >= 0.6 is 0 Å². The van der Waals surface area contributed by atoms with Crippen LogP contribution in [0.1, 0.15) is 284 Å². The monoisotopic (exact) mass is 1350 g/mol. The summed E-state index contributed by atoms with van der Waals surface area (Å²) in [5, 5.41) is 121. The van der Waals surface area contributed by atoms with Gasteiger partial charge in [-0.25, -0.2) is 0 Å². The van der Waals surface area contributed by atoms with E-state index in [2.05, 4.69) is 79.9 Å². The molecule has 1 amide bonds. The van der Waals surface area contributed by atoms with E-state index in [4.69, 9.17) is 28.4 Å². The van der Waals surface area contributed by atoms with Gasteiger partial charge in [0, 0.05) is 6.42 Å². The van der Waals surface area contributed by atoms with Crippen molar-refractivity contribution in [3.8, 4) is 0 Å². The molecule has 3 rings (SSSR count). The second-order valence-electron chi connectivity index (χ2n) is 27.1. The quantitative estimate of drug-likeness (QED) is 0.0199. The minimum Gasteiger partial charge on any atom is -0.394 e. The Hall–Kier alpha value is -2.51. The molecule has 19 heteroatoms. The molecule has 0 aromatic heterocycles. The molecular formula is C76H137NO18. The topological polar surface area (TPSA) is 307 Å². The van der Waals surface area contributed by atoms with Crippen LogP contribution in [0.15, 0.2) is 60.8 Å². The molecule has 554 valence electrons. The molecule has 3 saturated heterocycles. The van der Waals surface area contributed by atoms with E-state index in [0.29, 0.717) is 12.8 Å². The molecule has 19 nitrogen and oxygen atoms in total. The molecule has 3 aliphatic rings. The van der Waals surface area contributed by atoms with Gasteiger partial charge in [-0.1, -0.05) is 280 Å². The van der Waals surface area contributed by atoms with Gasteiger partial charge in [0.15, 0.2) is 18.9 Å². The SMILES string of the molecule is CC/C=C\C/C=C\C/C=C\C/C=C\C/C=C\CCCCCCCCCCCCCC(=O)NC(COC1OC(CO)C(OC2OC(CO)C(OC3OC(CO)C(O)C(O)C3O)C(O)C2O)C(O)C1O)C(O)CCCCCCCCCCCCCCCCCCCCCCCCC. The van der Waals surface area contributed by atoms with Crippen LogP contribution in [-0.2, 0) is 33.2 Å². The van der Waals surface area contributed by atoms with E-state index < -0.39 is 124 Å². The summed E-state index contributed by atoms with van der Waals surface area (Å²) in [6, 6.07) is -0.893. The third-order valence-electron chi connectivity index (χ3n) is 18.9. The molecule has 3 fully saturated rings. The Kier molecular flexibility index (Phi) is 52.2. The fourth-order valence-corrected chi connectivity index (χ4v) is 12.8. The summed E-state index contributed by atoms with van der Waals surface area (Å²) in [5.41, 5.74) is 0. The summed E-state index contributed by atoms with van der Waals surface area (Å²) in [6.45, 7) is 1.71. The van der Waals surface area contributed by atoms with E-state index in [1.165, 1.54) is 167 Å². The highest BCUT2D eigenvalue weighted by Gasteiger charge is 2.53. The zero-order chi connectivity index (χ0) is 68.9. The zero-order valence-corrected chi connectivity index (χ0v) is 58.9. The molecule has 17 unspecified atom stereocenters. The van der Waals surface area contributed by atoms with E-state index in [1.807, 2.05) is 0 Å². The molecule has 0 aliphatic carbocycles. The van der Waals surface area contributed by atoms with Gasteiger partial charge in [-0.3, -0.25) is 4.79 Å². The van der Waals surface area contributed by atoms with Crippen molar-refractivity contribution in [2.75, 3.05) is 26.4 Å². The molecule has 3 heterocycles. The number of unbranched alkanes of at least 4 members (excludes halogenated alkanes) is 33. The maximum absolute atomic E-state index is 13.5. The standard InChI is InChI=1S/C76H137NO18/c1-3-5-7-9-11-13-15-17-19-21-23-25-27-28-29-30-32-34-36-38-40-42-44-46-48-50-52-54-64(82)77-59(60(81)53-51-49-47-45-43-41-39-37-35-33-31-26-24-22-20-18-16-14-12-10-8-6-4-2)58-90-74-70(88)67(85)72(62(56-79)92-74)95-76-71(89)68(86)73(63(57-80)93-76)94-75-69(87)66(84)65(83)61(55-78)91-75/h5,7,11,13,17,19,23,25,28-29,59-63,65-76,78-81,83-89H,3-4,6,8-10,12,14-16,18,20-22,24,26-27,30-58H2,1-2H3,(H,77,82)/b7-5-,13-11-,19-17-,25-23-,29-28-. The molecule has 0 aromatic rings. The summed E-state index contributed by atoms with van der Waals surface area (Å²) in [7, 11) is 0. The van der Waals surface area contributed by atoms with Crippen molar-refractivity contribution in [3.63, 3.8) is 0 Å². The first-order chi connectivity index (χ1) is 46.3. The molecule has 0 spiro atoms. The smallest absolute Gasteiger partial charge is 0.220 e. The Morgan fingerprint density at radius 2 is 0.726 bits per heavy atom. The minimum absolute atomic E-state index is 0.245. The molecule has 95 heavy (non-hydrogen) atoms. The molecule has 12 N–H and O–H groups in total. The largest absolute Gasteiger partial charge is 0.394 e. The van der Waals surface area contributed by atoms with Crippen LogP contribution in [0.5, 0.6) is 0 Å². The lowest BCUT2D eigenvalue weighted by molar-refractivity contribution is -0.379. The van der Waals surface area contributed by atoms with Gasteiger partial charge in [-0.05, 0) is 57.8 Å². The van der Waals surface area contributed by atoms with E-state index in [0.717, 1.165) is 83.5 Å². The van der Waals surface area contributed by atoms with Crippen LogP contribution in [-0.4, -0.2) is 193 Å². The Bertz CT molecular complexity index is 1950. The van der Waals surface area contributed by atoms with E-state index in [9.17, 15) is 61.0 Å². The van der Waals surface area contributed by atoms with Crippen molar-refractivity contribution >= 4 is 5.91 Å². The van der Waals surface area contributed by atoms with Crippen molar-refractivity contribution in [1.82, 2.24) is 5.32 Å². The molecule has 0 saturated carbocycles. The van der Waals surface area contributed by atoms with Gasteiger partial charge in [0.25, 0.3) is 0 Å². The Morgan fingerprint density at radius 1 is 0.389 bits per heavy atom. The van der Waals surface area contributed by atoms with Crippen LogP contribution < -0.4 is 5.32 Å². The van der Waals surface area contributed by atoms with Gasteiger partial charge in [-0.2, -0.15) is 0 Å². The fraction of sp³-hybridized carbons (Fsp3) is 0.855. The average molecular weight is 1350 g/mol. The van der Waals surface area contributed by atoms with Gasteiger partial charge in [0.2, 0.25) is 5.91 Å². The van der Waals surface area contributed by atoms with Crippen molar-refractivity contribution in [2.45, 2.75) is 388 Å². The zero-order valence-electron chi connectivity index (χ0n) is 58.9. The lowest BCUT2D eigenvalue weighted by Gasteiger charge is -2.48. The Labute approximate surface area is 573 Å². The molecule has 0 bridgehead atoms. The highest BCUT2D eigenvalue weighted by molar-refractivity contribution is 5.76. The summed E-state index contributed by atoms with van der Waals surface area (Å²) in [4.78, 5) is 13.5. The van der Waals surface area contributed by atoms with Gasteiger partial charge in [0.05, 0.1) is 38.6 Å². The van der Waals surface area contributed by atoms with Crippen LogP contribution in [0.2, 0.25) is 0 Å². The molecular weight excluding hydrogens is 1210 g/mol. The molecule has 17 atom stereocenters. The number of rotatable bonds is 59. The lowest BCUT2D eigenvalue weighted by Crippen LogP contribution is -2.66. The fourth-order valence-electron chi connectivity index (χ4n) is 12.8. The predicted molar refractivity (Wildman–Crippen MR) is 374 cm³/mol. The number of carbonyl (C=O) groups excluding carboxylic acids is 1. The van der Waals surface area contributed by atoms with Gasteiger partial charge in [0.1, 0.15) is 73.2 Å². The van der Waals surface area contributed by atoms with E-state index in [1.54, 1.807) is 0 Å². The minimum atomic E-state index is -1.97. The second kappa shape index (κ2) is 57.2. The molecule has 0 aromatic carbocycles. The first-order valence-corrected chi connectivity index (χ1v) is 38.0. The predicted octanol–water partition coefficient (Wildman–Crippen LogP) is 11.5. The van der Waals surface area contributed by atoms with Gasteiger partial charge >= 0.3 is 0 Å². The highest BCUT2D eigenvalue weighted by Crippen LogP contribution is 2.33. The number of ether oxygens (including phenoxy) is 6. The lowest BCUT2D eigenvalue weighted by atomic mass is 9.96. The van der Waals surface area contributed by atoms with Crippen molar-refractivity contribution in [3.05, 3.63) is 60.8 Å². The van der Waals surface area contributed by atoms with E-state index >= 15 is 0 Å². The van der Waals surface area contributed by atoms with Crippen LogP contribution in [0.3, 0.4) is 0 Å². The number of hydrogen-bond donors (Lipinski definition) is 12. The van der Waals surface area contributed by atoms with Gasteiger partial charge in [-0.15, -0.1) is 0 Å². The highest BCUT2D eigenvalue weighted by atomic mass is 16.8.